The lowest BCUT2D eigenvalue weighted by Gasteiger charge is -1.99. The molecule has 0 amide bonds. The summed E-state index contributed by atoms with van der Waals surface area (Å²) in [6, 6.07) is 3.56. The smallest absolute Gasteiger partial charge is 0.312 e. The monoisotopic (exact) mass is 249 g/mol. The zero-order valence-corrected chi connectivity index (χ0v) is 9.66. The third-order valence-corrected chi connectivity index (χ3v) is 2.18. The van der Waals surface area contributed by atoms with E-state index in [0.717, 1.165) is 5.56 Å². The van der Waals surface area contributed by atoms with E-state index in [1.54, 1.807) is 19.4 Å². The summed E-state index contributed by atoms with van der Waals surface area (Å²) in [4.78, 5) is 18.5. The molecule has 0 fully saturated rings. The van der Waals surface area contributed by atoms with Gasteiger partial charge in [-0.1, -0.05) is 11.2 Å². The van der Waals surface area contributed by atoms with Crippen molar-refractivity contribution in [1.29, 1.82) is 0 Å². The van der Waals surface area contributed by atoms with Crippen molar-refractivity contribution in [3.8, 4) is 5.88 Å². The van der Waals surface area contributed by atoms with Crippen LogP contribution < -0.4 is 4.74 Å². The fourth-order valence-corrected chi connectivity index (χ4v) is 1.38. The van der Waals surface area contributed by atoms with Crippen LogP contribution in [0.2, 0.25) is 0 Å². The molecule has 0 radical (unpaired) electrons. The van der Waals surface area contributed by atoms with E-state index in [9.17, 15) is 4.79 Å². The molecule has 0 aliphatic rings. The highest BCUT2D eigenvalue weighted by atomic mass is 16.5. The van der Waals surface area contributed by atoms with Crippen LogP contribution in [-0.4, -0.2) is 33.3 Å². The highest BCUT2D eigenvalue weighted by Crippen LogP contribution is 2.10. The standard InChI is InChI=1S/C11H11N3O4/c1-17-9-3-2-7(6-12-9)4-8-13-10(18-14-8)5-11(15)16/h2-3,6H,4-5H2,1H3,(H,15,16). The van der Waals surface area contributed by atoms with Crippen LogP contribution in [0.25, 0.3) is 0 Å². The largest absolute Gasteiger partial charge is 0.481 e. The summed E-state index contributed by atoms with van der Waals surface area (Å²) >= 11 is 0. The first kappa shape index (κ1) is 12.0. The third-order valence-electron chi connectivity index (χ3n) is 2.18. The van der Waals surface area contributed by atoms with Gasteiger partial charge in [0.05, 0.1) is 7.11 Å². The van der Waals surface area contributed by atoms with Gasteiger partial charge in [-0.25, -0.2) is 4.98 Å². The molecule has 7 nitrogen and oxygen atoms in total. The van der Waals surface area contributed by atoms with Crippen LogP contribution in [0.1, 0.15) is 17.3 Å². The van der Waals surface area contributed by atoms with Crippen LogP contribution in [0.15, 0.2) is 22.9 Å². The summed E-state index contributed by atoms with van der Waals surface area (Å²) in [5, 5.41) is 12.3. The van der Waals surface area contributed by atoms with Gasteiger partial charge in [-0.05, 0) is 5.56 Å². The van der Waals surface area contributed by atoms with E-state index in [0.29, 0.717) is 18.1 Å². The van der Waals surface area contributed by atoms with Gasteiger partial charge in [0.25, 0.3) is 0 Å². The Morgan fingerprint density at radius 1 is 1.50 bits per heavy atom. The molecule has 0 saturated carbocycles. The van der Waals surface area contributed by atoms with Crippen molar-refractivity contribution in [2.45, 2.75) is 12.8 Å². The summed E-state index contributed by atoms with van der Waals surface area (Å²) < 4.78 is 9.75. The minimum absolute atomic E-state index is 0.0963. The molecule has 7 heteroatoms. The number of aromatic nitrogens is 3. The van der Waals surface area contributed by atoms with Gasteiger partial charge >= 0.3 is 5.97 Å². The molecule has 0 bridgehead atoms. The fraction of sp³-hybridized carbons (Fsp3) is 0.273. The minimum atomic E-state index is -1.00. The second kappa shape index (κ2) is 5.26. The fourth-order valence-electron chi connectivity index (χ4n) is 1.38. The molecule has 0 aliphatic heterocycles. The van der Waals surface area contributed by atoms with Gasteiger partial charge in [-0.2, -0.15) is 4.98 Å². The van der Waals surface area contributed by atoms with Crippen molar-refractivity contribution in [3.63, 3.8) is 0 Å². The number of rotatable bonds is 5. The number of carbonyl (C=O) groups is 1. The van der Waals surface area contributed by atoms with Crippen molar-refractivity contribution in [3.05, 3.63) is 35.6 Å². The van der Waals surface area contributed by atoms with E-state index in [4.69, 9.17) is 14.4 Å². The zero-order chi connectivity index (χ0) is 13.0. The number of methoxy groups -OCH3 is 1. The van der Waals surface area contributed by atoms with Crippen LogP contribution in [0.3, 0.4) is 0 Å². The highest BCUT2D eigenvalue weighted by molar-refractivity contribution is 5.68. The summed E-state index contributed by atoms with van der Waals surface area (Å²) in [6.07, 6.45) is 1.81. The second-order valence-corrected chi connectivity index (χ2v) is 3.56. The van der Waals surface area contributed by atoms with Gasteiger partial charge in [-0.3, -0.25) is 4.79 Å². The van der Waals surface area contributed by atoms with Crippen molar-refractivity contribution in [2.75, 3.05) is 7.11 Å². The van der Waals surface area contributed by atoms with Crippen LogP contribution in [-0.2, 0) is 17.6 Å². The molecule has 0 atom stereocenters. The summed E-state index contributed by atoms with van der Waals surface area (Å²) in [7, 11) is 1.54. The highest BCUT2D eigenvalue weighted by Gasteiger charge is 2.10. The Labute approximate surface area is 102 Å². The third kappa shape index (κ3) is 3.03. The Bertz CT molecular complexity index is 535. The normalized spacial score (nSPS) is 10.3. The first-order valence-corrected chi connectivity index (χ1v) is 5.19. The van der Waals surface area contributed by atoms with Gasteiger partial charge in [0.15, 0.2) is 5.82 Å². The van der Waals surface area contributed by atoms with Crippen LogP contribution >= 0.6 is 0 Å². The van der Waals surface area contributed by atoms with Gasteiger partial charge in [0, 0.05) is 18.7 Å². The lowest BCUT2D eigenvalue weighted by molar-refractivity contribution is -0.136. The first-order valence-electron chi connectivity index (χ1n) is 5.19. The topological polar surface area (TPSA) is 98.3 Å². The molecule has 0 aromatic carbocycles. The summed E-state index contributed by atoms with van der Waals surface area (Å²) in [6.45, 7) is 0. The number of pyridine rings is 1. The second-order valence-electron chi connectivity index (χ2n) is 3.56. The van der Waals surface area contributed by atoms with E-state index in [1.807, 2.05) is 6.07 Å². The summed E-state index contributed by atoms with van der Waals surface area (Å²) in [5.74, 6) is 0.0481. The van der Waals surface area contributed by atoms with Gasteiger partial charge < -0.3 is 14.4 Å². The molecule has 18 heavy (non-hydrogen) atoms. The maximum absolute atomic E-state index is 10.5. The number of nitrogens with zero attached hydrogens (tertiary/aromatic N) is 3. The van der Waals surface area contributed by atoms with Gasteiger partial charge in [0.1, 0.15) is 6.42 Å². The number of hydrogen-bond acceptors (Lipinski definition) is 6. The average molecular weight is 249 g/mol. The maximum atomic E-state index is 10.5. The maximum Gasteiger partial charge on any atom is 0.312 e. The predicted octanol–water partition coefficient (Wildman–Crippen LogP) is 0.691. The molecule has 94 valence electrons. The molecule has 0 saturated heterocycles. The molecule has 2 heterocycles. The molecule has 0 unspecified atom stereocenters. The Balaban J connectivity index is 2.03. The molecule has 2 aromatic rings. The molecule has 0 aliphatic carbocycles. The van der Waals surface area contributed by atoms with Gasteiger partial charge in [0.2, 0.25) is 11.8 Å². The SMILES string of the molecule is COc1ccc(Cc2noc(CC(=O)O)n2)cn1. The van der Waals surface area contributed by atoms with E-state index in [-0.39, 0.29) is 12.3 Å². The first-order chi connectivity index (χ1) is 8.67. The van der Waals surface area contributed by atoms with Crippen LogP contribution in [0.4, 0.5) is 0 Å². The Hall–Kier alpha value is -2.44. The predicted molar refractivity (Wildman–Crippen MR) is 59.2 cm³/mol. The van der Waals surface area contributed by atoms with Crippen molar-refractivity contribution < 1.29 is 19.2 Å². The molecule has 0 spiro atoms. The number of carboxylic acid groups (broad SMARTS) is 1. The van der Waals surface area contributed by atoms with Crippen molar-refractivity contribution >= 4 is 5.97 Å². The number of carboxylic acids is 1. The quantitative estimate of drug-likeness (QED) is 0.832. The summed E-state index contributed by atoms with van der Waals surface area (Å²) in [5.41, 5.74) is 0.887. The lowest BCUT2D eigenvalue weighted by Crippen LogP contribution is -2.00. The van der Waals surface area contributed by atoms with E-state index in [1.165, 1.54) is 0 Å². The van der Waals surface area contributed by atoms with E-state index >= 15 is 0 Å². The number of hydrogen-bond donors (Lipinski definition) is 1. The van der Waals surface area contributed by atoms with Crippen molar-refractivity contribution in [1.82, 2.24) is 15.1 Å². The van der Waals surface area contributed by atoms with Crippen LogP contribution in [0, 0.1) is 0 Å². The van der Waals surface area contributed by atoms with Crippen molar-refractivity contribution in [2.24, 2.45) is 0 Å². The lowest BCUT2D eigenvalue weighted by atomic mass is 10.2. The molecule has 2 rings (SSSR count). The number of ether oxygens (including phenoxy) is 1. The van der Waals surface area contributed by atoms with E-state index < -0.39 is 5.97 Å². The minimum Gasteiger partial charge on any atom is -0.481 e. The molecule has 1 N–H and O–H groups in total. The molecular formula is C11H11N3O4. The Kier molecular flexibility index (Phi) is 3.52. The Morgan fingerprint density at radius 2 is 2.33 bits per heavy atom. The molecule has 2 aromatic heterocycles. The molecular weight excluding hydrogens is 238 g/mol. The average Bonchev–Trinajstić information content (AvgIpc) is 2.76. The Morgan fingerprint density at radius 3 is 2.94 bits per heavy atom. The zero-order valence-electron chi connectivity index (χ0n) is 9.66. The van der Waals surface area contributed by atoms with Crippen LogP contribution in [0.5, 0.6) is 5.88 Å². The van der Waals surface area contributed by atoms with Gasteiger partial charge in [-0.15, -0.1) is 0 Å². The number of aliphatic carboxylic acids is 1. The van der Waals surface area contributed by atoms with E-state index in [2.05, 4.69) is 15.1 Å².